The molecule has 1 amide bonds. The molecule has 2 aromatic heterocycles. The molecule has 3 heterocycles. The molecule has 7 nitrogen and oxygen atoms in total. The lowest BCUT2D eigenvalue weighted by molar-refractivity contribution is -0.120. The van der Waals surface area contributed by atoms with Gasteiger partial charge in [-0.15, -0.1) is 0 Å². The SMILES string of the molecule is Cc1cc(CN2CCn3cc(CC(=O)NCC4CCC4)nc3[C@@H]2C)no1. The first-order valence-electron chi connectivity index (χ1n) is 9.57. The third kappa shape index (κ3) is 3.67. The summed E-state index contributed by atoms with van der Waals surface area (Å²) in [5, 5.41) is 7.15. The molecule has 7 heteroatoms. The molecule has 1 aliphatic heterocycles. The zero-order valence-electron chi connectivity index (χ0n) is 15.6. The maximum absolute atomic E-state index is 12.2. The molecule has 0 radical (unpaired) electrons. The number of carbonyl (C=O) groups is 1. The van der Waals surface area contributed by atoms with E-state index in [1.165, 1.54) is 19.3 Å². The van der Waals surface area contributed by atoms with Crippen molar-refractivity contribution in [1.82, 2.24) is 24.9 Å². The number of aryl methyl sites for hydroxylation is 1. The van der Waals surface area contributed by atoms with Crippen LogP contribution >= 0.6 is 0 Å². The Balaban J connectivity index is 1.36. The predicted molar refractivity (Wildman–Crippen MR) is 96.3 cm³/mol. The van der Waals surface area contributed by atoms with E-state index < -0.39 is 0 Å². The molecule has 0 bridgehead atoms. The van der Waals surface area contributed by atoms with E-state index in [0.717, 1.165) is 49.2 Å². The number of carbonyl (C=O) groups excluding carboxylic acids is 1. The van der Waals surface area contributed by atoms with Gasteiger partial charge in [-0.2, -0.15) is 0 Å². The van der Waals surface area contributed by atoms with Crippen LogP contribution in [0.5, 0.6) is 0 Å². The summed E-state index contributed by atoms with van der Waals surface area (Å²) in [6.07, 6.45) is 6.19. The first-order chi connectivity index (χ1) is 12.6. The summed E-state index contributed by atoms with van der Waals surface area (Å²) in [4.78, 5) is 19.3. The third-order valence-corrected chi connectivity index (χ3v) is 5.60. The summed E-state index contributed by atoms with van der Waals surface area (Å²) in [5.74, 6) is 2.62. The van der Waals surface area contributed by atoms with Crippen molar-refractivity contribution in [2.45, 2.75) is 58.7 Å². The molecule has 0 saturated heterocycles. The van der Waals surface area contributed by atoms with Gasteiger partial charge < -0.3 is 14.4 Å². The van der Waals surface area contributed by atoms with E-state index in [1.54, 1.807) is 0 Å². The molecule has 4 rings (SSSR count). The number of fused-ring (bicyclic) bond motifs is 1. The van der Waals surface area contributed by atoms with Crippen LogP contribution < -0.4 is 5.32 Å². The maximum atomic E-state index is 12.2. The fourth-order valence-corrected chi connectivity index (χ4v) is 3.78. The van der Waals surface area contributed by atoms with E-state index in [9.17, 15) is 4.79 Å². The summed E-state index contributed by atoms with van der Waals surface area (Å²) < 4.78 is 7.35. The largest absolute Gasteiger partial charge is 0.361 e. The zero-order chi connectivity index (χ0) is 18.1. The second kappa shape index (κ2) is 7.23. The highest BCUT2D eigenvalue weighted by Gasteiger charge is 2.27. The van der Waals surface area contributed by atoms with Crippen LogP contribution in [0.4, 0.5) is 0 Å². The molecule has 140 valence electrons. The minimum absolute atomic E-state index is 0.0786. The summed E-state index contributed by atoms with van der Waals surface area (Å²) in [5.41, 5.74) is 1.81. The van der Waals surface area contributed by atoms with Gasteiger partial charge in [0.2, 0.25) is 5.91 Å². The second-order valence-corrected chi connectivity index (χ2v) is 7.64. The van der Waals surface area contributed by atoms with Crippen molar-refractivity contribution in [3.63, 3.8) is 0 Å². The quantitative estimate of drug-likeness (QED) is 0.858. The lowest BCUT2D eigenvalue weighted by Crippen LogP contribution is -2.36. The van der Waals surface area contributed by atoms with Crippen molar-refractivity contribution in [2.75, 3.05) is 13.1 Å². The Bertz CT molecular complexity index is 777. The third-order valence-electron chi connectivity index (χ3n) is 5.60. The Morgan fingerprint density at radius 3 is 2.88 bits per heavy atom. The second-order valence-electron chi connectivity index (χ2n) is 7.64. The van der Waals surface area contributed by atoms with Crippen LogP contribution in [0.1, 0.15) is 55.2 Å². The van der Waals surface area contributed by atoms with Gasteiger partial charge in [-0.3, -0.25) is 9.69 Å². The Morgan fingerprint density at radius 1 is 1.35 bits per heavy atom. The van der Waals surface area contributed by atoms with Gasteiger partial charge >= 0.3 is 0 Å². The molecule has 1 fully saturated rings. The Kier molecular flexibility index (Phi) is 4.80. The van der Waals surface area contributed by atoms with Crippen LogP contribution in [-0.4, -0.2) is 38.6 Å². The van der Waals surface area contributed by atoms with E-state index in [1.807, 2.05) is 19.2 Å². The number of hydrogen-bond donors (Lipinski definition) is 1. The average molecular weight is 357 g/mol. The molecule has 1 saturated carbocycles. The molecule has 26 heavy (non-hydrogen) atoms. The van der Waals surface area contributed by atoms with E-state index in [0.29, 0.717) is 12.3 Å². The average Bonchev–Trinajstić information content (AvgIpc) is 3.15. The van der Waals surface area contributed by atoms with Gasteiger partial charge in [0.25, 0.3) is 0 Å². The minimum Gasteiger partial charge on any atom is -0.361 e. The van der Waals surface area contributed by atoms with E-state index >= 15 is 0 Å². The van der Waals surface area contributed by atoms with Gasteiger partial charge in [0, 0.05) is 38.4 Å². The smallest absolute Gasteiger partial charge is 0.226 e. The van der Waals surface area contributed by atoms with Crippen LogP contribution in [-0.2, 0) is 24.3 Å². The molecule has 0 spiro atoms. The Hall–Kier alpha value is -2.15. The fraction of sp³-hybridized carbons (Fsp3) is 0.632. The van der Waals surface area contributed by atoms with Crippen molar-refractivity contribution in [3.05, 3.63) is 35.2 Å². The first-order valence-corrected chi connectivity index (χ1v) is 9.57. The summed E-state index contributed by atoms with van der Waals surface area (Å²) >= 11 is 0. The van der Waals surface area contributed by atoms with Crippen LogP contribution in [0, 0.1) is 12.8 Å². The minimum atomic E-state index is 0.0786. The molecule has 0 unspecified atom stereocenters. The molecular weight excluding hydrogens is 330 g/mol. The molecule has 1 N–H and O–H groups in total. The van der Waals surface area contributed by atoms with Gasteiger partial charge in [-0.05, 0) is 32.6 Å². The Morgan fingerprint density at radius 2 is 2.19 bits per heavy atom. The summed E-state index contributed by atoms with van der Waals surface area (Å²) in [6, 6.07) is 2.17. The van der Waals surface area contributed by atoms with Gasteiger partial charge in [0.1, 0.15) is 11.6 Å². The Labute approximate surface area is 153 Å². The van der Waals surface area contributed by atoms with E-state index in [2.05, 4.69) is 26.9 Å². The normalized spacial score (nSPS) is 20.6. The number of hydrogen-bond acceptors (Lipinski definition) is 5. The van der Waals surface area contributed by atoms with Crippen molar-refractivity contribution < 1.29 is 9.32 Å². The fourth-order valence-electron chi connectivity index (χ4n) is 3.78. The highest BCUT2D eigenvalue weighted by molar-refractivity contribution is 5.78. The number of amides is 1. The molecule has 1 aliphatic carbocycles. The molecule has 1 atom stereocenters. The lowest BCUT2D eigenvalue weighted by Gasteiger charge is -2.32. The highest BCUT2D eigenvalue weighted by Crippen LogP contribution is 2.27. The predicted octanol–water partition coefficient (Wildman–Crippen LogP) is 2.22. The molecule has 2 aromatic rings. The maximum Gasteiger partial charge on any atom is 0.226 e. The van der Waals surface area contributed by atoms with Gasteiger partial charge in [-0.1, -0.05) is 11.6 Å². The van der Waals surface area contributed by atoms with Gasteiger partial charge in [0.05, 0.1) is 23.9 Å². The van der Waals surface area contributed by atoms with Crippen LogP contribution in [0.3, 0.4) is 0 Å². The highest BCUT2D eigenvalue weighted by atomic mass is 16.5. The van der Waals surface area contributed by atoms with Crippen molar-refractivity contribution in [1.29, 1.82) is 0 Å². The number of imidazole rings is 1. The summed E-state index contributed by atoms with van der Waals surface area (Å²) in [6.45, 7) is 7.45. The van der Waals surface area contributed by atoms with Gasteiger partial charge in [-0.25, -0.2) is 4.98 Å². The first kappa shape index (κ1) is 17.3. The van der Waals surface area contributed by atoms with Crippen molar-refractivity contribution in [2.24, 2.45) is 5.92 Å². The van der Waals surface area contributed by atoms with E-state index in [-0.39, 0.29) is 11.9 Å². The standard InChI is InChI=1S/C19H27N5O2/c1-13-8-17(22-26-13)12-23-6-7-24-11-16(21-19(24)14(23)2)9-18(25)20-10-15-4-3-5-15/h8,11,14-15H,3-7,9-10,12H2,1-2H3,(H,20,25)/t14-/m0/s1. The van der Waals surface area contributed by atoms with Crippen LogP contribution in [0.25, 0.3) is 0 Å². The summed E-state index contributed by atoms with van der Waals surface area (Å²) in [7, 11) is 0. The number of nitrogens with zero attached hydrogens (tertiary/aromatic N) is 4. The van der Waals surface area contributed by atoms with Crippen molar-refractivity contribution in [3.8, 4) is 0 Å². The zero-order valence-corrected chi connectivity index (χ0v) is 15.6. The number of rotatable bonds is 6. The number of aromatic nitrogens is 3. The monoisotopic (exact) mass is 357 g/mol. The van der Waals surface area contributed by atoms with Crippen LogP contribution in [0.15, 0.2) is 16.8 Å². The van der Waals surface area contributed by atoms with E-state index in [4.69, 9.17) is 9.51 Å². The number of nitrogens with one attached hydrogen (secondary N) is 1. The lowest BCUT2D eigenvalue weighted by atomic mass is 9.85. The van der Waals surface area contributed by atoms with Crippen LogP contribution in [0.2, 0.25) is 0 Å². The topological polar surface area (TPSA) is 76.2 Å². The van der Waals surface area contributed by atoms with Crippen molar-refractivity contribution >= 4 is 5.91 Å². The molecule has 0 aromatic carbocycles. The molecule has 2 aliphatic rings. The van der Waals surface area contributed by atoms with Gasteiger partial charge in [0.15, 0.2) is 0 Å². The molecular formula is C19H27N5O2.